The third kappa shape index (κ3) is 8.96. The number of halogens is 5. The largest absolute Gasteiger partial charge is 0.417 e. The van der Waals surface area contributed by atoms with Gasteiger partial charge < -0.3 is 10.2 Å². The molecule has 2 amide bonds. The van der Waals surface area contributed by atoms with E-state index in [4.69, 9.17) is 11.6 Å². The summed E-state index contributed by atoms with van der Waals surface area (Å²) in [6, 6.07) is 14.3. The summed E-state index contributed by atoms with van der Waals surface area (Å²) in [5, 5.41) is 2.16. The number of hydrogen-bond acceptors (Lipinski definition) is 4. The molecule has 232 valence electrons. The highest BCUT2D eigenvalue weighted by atomic mass is 79.9. The smallest absolute Gasteiger partial charge is 0.354 e. The zero-order chi connectivity index (χ0) is 31.9. The lowest BCUT2D eigenvalue weighted by Crippen LogP contribution is -2.51. The Bertz CT molecular complexity index is 1550. The number of amides is 2. The number of alkyl halides is 3. The van der Waals surface area contributed by atoms with E-state index in [1.165, 1.54) is 36.1 Å². The molecule has 3 aromatic rings. The van der Waals surface area contributed by atoms with Crippen molar-refractivity contribution in [2.75, 3.05) is 17.4 Å². The quantitative estimate of drug-likeness (QED) is 0.207. The second-order valence-corrected chi connectivity index (χ2v) is 13.1. The maximum absolute atomic E-state index is 14.0. The van der Waals surface area contributed by atoms with Gasteiger partial charge in [0.15, 0.2) is 0 Å². The van der Waals surface area contributed by atoms with Gasteiger partial charge in [0.05, 0.1) is 21.2 Å². The van der Waals surface area contributed by atoms with Gasteiger partial charge >= 0.3 is 6.18 Å². The van der Waals surface area contributed by atoms with Crippen molar-refractivity contribution in [2.24, 2.45) is 0 Å². The van der Waals surface area contributed by atoms with Crippen LogP contribution in [0.4, 0.5) is 18.9 Å². The van der Waals surface area contributed by atoms with Crippen molar-refractivity contribution in [3.63, 3.8) is 0 Å². The molecule has 0 spiro atoms. The van der Waals surface area contributed by atoms with E-state index < -0.39 is 56.9 Å². The number of unbranched alkanes of at least 4 members (excludes halogenated alkanes) is 1. The molecule has 43 heavy (non-hydrogen) atoms. The topological polar surface area (TPSA) is 86.8 Å². The summed E-state index contributed by atoms with van der Waals surface area (Å²) >= 11 is 9.19. The summed E-state index contributed by atoms with van der Waals surface area (Å²) in [5.74, 6) is -1.24. The Morgan fingerprint density at radius 2 is 1.72 bits per heavy atom. The molecule has 13 heteroatoms. The molecule has 1 N–H and O–H groups in total. The van der Waals surface area contributed by atoms with Crippen molar-refractivity contribution in [1.29, 1.82) is 0 Å². The van der Waals surface area contributed by atoms with Crippen LogP contribution in [0.1, 0.15) is 43.4 Å². The molecule has 0 aromatic heterocycles. The SMILES string of the molecule is CCCCNC(=O)C(C)N(Cc1cccc(Br)c1)C(=O)CN(c1ccc(Cl)c(C(F)(F)F)c1)S(=O)(=O)c1ccc(C)cc1. The number of carbonyl (C=O) groups is 2. The Morgan fingerprint density at radius 3 is 2.33 bits per heavy atom. The van der Waals surface area contributed by atoms with Crippen LogP contribution in [0.5, 0.6) is 0 Å². The van der Waals surface area contributed by atoms with Crippen molar-refractivity contribution in [2.45, 2.75) is 57.3 Å². The standard InChI is InChI=1S/C30H32BrClF3N3O4S/c1-4-5-15-36-29(40)21(3)37(18-22-7-6-8-23(31)16-22)28(39)19-38(43(41,42)25-12-9-20(2)10-13-25)24-11-14-27(32)26(17-24)30(33,34)35/h6-14,16-17,21H,4-5,15,18-19H2,1-3H3,(H,36,40). The Balaban J connectivity index is 2.10. The number of nitrogens with zero attached hydrogens (tertiary/aromatic N) is 2. The van der Waals surface area contributed by atoms with Gasteiger partial charge in [-0.25, -0.2) is 8.42 Å². The summed E-state index contributed by atoms with van der Waals surface area (Å²) in [6.07, 6.45) is -3.32. The van der Waals surface area contributed by atoms with E-state index in [9.17, 15) is 31.2 Å². The summed E-state index contributed by atoms with van der Waals surface area (Å²) in [4.78, 5) is 28.0. The first-order valence-corrected chi connectivity index (χ1v) is 16.0. The molecular formula is C30H32BrClF3N3O4S. The van der Waals surface area contributed by atoms with Crippen molar-refractivity contribution in [3.8, 4) is 0 Å². The van der Waals surface area contributed by atoms with E-state index >= 15 is 0 Å². The molecule has 0 bridgehead atoms. The number of rotatable bonds is 12. The third-order valence-electron chi connectivity index (χ3n) is 6.67. The molecular weight excluding hydrogens is 671 g/mol. The molecule has 0 heterocycles. The lowest BCUT2D eigenvalue weighted by molar-refractivity contribution is -0.139. The van der Waals surface area contributed by atoms with Gasteiger partial charge in [0.25, 0.3) is 10.0 Å². The van der Waals surface area contributed by atoms with Crippen molar-refractivity contribution in [1.82, 2.24) is 10.2 Å². The minimum Gasteiger partial charge on any atom is -0.354 e. The third-order valence-corrected chi connectivity index (χ3v) is 9.28. The van der Waals surface area contributed by atoms with Gasteiger partial charge in [0.2, 0.25) is 11.8 Å². The molecule has 0 aliphatic heterocycles. The van der Waals surface area contributed by atoms with Gasteiger partial charge in [-0.05, 0) is 68.3 Å². The second kappa shape index (κ2) is 14.6. The van der Waals surface area contributed by atoms with Gasteiger partial charge in [0.1, 0.15) is 12.6 Å². The van der Waals surface area contributed by atoms with Gasteiger partial charge in [-0.15, -0.1) is 0 Å². The zero-order valence-electron chi connectivity index (χ0n) is 23.8. The lowest BCUT2D eigenvalue weighted by atomic mass is 10.1. The first-order chi connectivity index (χ1) is 20.1. The van der Waals surface area contributed by atoms with Crippen LogP contribution >= 0.6 is 27.5 Å². The molecule has 3 aromatic carbocycles. The average molecular weight is 703 g/mol. The Morgan fingerprint density at radius 1 is 1.05 bits per heavy atom. The van der Waals surface area contributed by atoms with Crippen LogP contribution in [0.3, 0.4) is 0 Å². The number of anilines is 1. The van der Waals surface area contributed by atoms with Crippen molar-refractivity contribution in [3.05, 3.63) is 92.9 Å². The molecule has 0 saturated heterocycles. The molecule has 3 rings (SSSR count). The zero-order valence-corrected chi connectivity index (χ0v) is 26.9. The number of aryl methyl sites for hydroxylation is 1. The molecule has 0 aliphatic rings. The fraction of sp³-hybridized carbons (Fsp3) is 0.333. The Hall–Kier alpha value is -3.09. The first kappa shape index (κ1) is 34.4. The predicted octanol–water partition coefficient (Wildman–Crippen LogP) is 6.96. The first-order valence-electron chi connectivity index (χ1n) is 13.4. The molecule has 0 saturated carbocycles. The number of sulfonamides is 1. The van der Waals surface area contributed by atoms with E-state index in [1.807, 2.05) is 6.92 Å². The maximum atomic E-state index is 14.0. The van der Waals surface area contributed by atoms with E-state index in [0.717, 1.165) is 35.0 Å². The monoisotopic (exact) mass is 701 g/mol. The average Bonchev–Trinajstić information content (AvgIpc) is 2.94. The fourth-order valence-electron chi connectivity index (χ4n) is 4.20. The number of nitrogens with one attached hydrogen (secondary N) is 1. The summed E-state index contributed by atoms with van der Waals surface area (Å²) in [5.41, 5.74) is -0.253. The van der Waals surface area contributed by atoms with Gasteiger partial charge in [-0.1, -0.05) is 70.7 Å². The van der Waals surface area contributed by atoms with E-state index in [2.05, 4.69) is 21.2 Å². The number of hydrogen-bond donors (Lipinski definition) is 1. The fourth-order valence-corrected chi connectivity index (χ4v) is 6.28. The molecule has 1 atom stereocenters. The van der Waals surface area contributed by atoms with E-state index in [-0.39, 0.29) is 11.4 Å². The number of benzene rings is 3. The lowest BCUT2D eigenvalue weighted by Gasteiger charge is -2.32. The summed E-state index contributed by atoms with van der Waals surface area (Å²) < 4.78 is 70.4. The maximum Gasteiger partial charge on any atom is 0.417 e. The van der Waals surface area contributed by atoms with Crippen molar-refractivity contribution >= 4 is 55.1 Å². The van der Waals surface area contributed by atoms with Crippen LogP contribution in [0, 0.1) is 6.92 Å². The van der Waals surface area contributed by atoms with Crippen molar-refractivity contribution < 1.29 is 31.2 Å². The van der Waals surface area contributed by atoms with E-state index in [0.29, 0.717) is 22.5 Å². The normalized spacial score (nSPS) is 12.5. The van der Waals surface area contributed by atoms with E-state index in [1.54, 1.807) is 31.2 Å². The Labute approximate surface area is 263 Å². The van der Waals surface area contributed by atoms with Crippen LogP contribution in [0.25, 0.3) is 0 Å². The summed E-state index contributed by atoms with van der Waals surface area (Å²) in [7, 11) is -4.55. The second-order valence-electron chi connectivity index (χ2n) is 9.96. The van der Waals surface area contributed by atoms with Crippen LogP contribution in [-0.2, 0) is 32.3 Å². The van der Waals surface area contributed by atoms with Crippen LogP contribution in [-0.4, -0.2) is 44.3 Å². The highest BCUT2D eigenvalue weighted by Crippen LogP contribution is 2.38. The molecule has 7 nitrogen and oxygen atoms in total. The van der Waals surface area contributed by atoms with Crippen LogP contribution in [0.2, 0.25) is 5.02 Å². The molecule has 0 radical (unpaired) electrons. The molecule has 0 aliphatic carbocycles. The minimum atomic E-state index is -4.88. The van der Waals surface area contributed by atoms with Crippen LogP contribution in [0.15, 0.2) is 76.1 Å². The van der Waals surface area contributed by atoms with Gasteiger partial charge in [-0.3, -0.25) is 13.9 Å². The summed E-state index contributed by atoms with van der Waals surface area (Å²) in [6.45, 7) is 4.67. The molecule has 1 unspecified atom stereocenters. The highest BCUT2D eigenvalue weighted by Gasteiger charge is 2.37. The number of carbonyl (C=O) groups excluding carboxylic acids is 2. The van der Waals surface area contributed by atoms with Gasteiger partial charge in [0, 0.05) is 17.6 Å². The highest BCUT2D eigenvalue weighted by molar-refractivity contribution is 9.10. The predicted molar refractivity (Wildman–Crippen MR) is 164 cm³/mol. The van der Waals surface area contributed by atoms with Gasteiger partial charge in [-0.2, -0.15) is 13.2 Å². The molecule has 0 fully saturated rings. The minimum absolute atomic E-state index is 0.0620. The van der Waals surface area contributed by atoms with Crippen LogP contribution < -0.4 is 9.62 Å². The Kier molecular flexibility index (Phi) is 11.7.